The topological polar surface area (TPSA) is 49.8 Å². The van der Waals surface area contributed by atoms with Gasteiger partial charge in [0, 0.05) is 25.1 Å². The van der Waals surface area contributed by atoms with E-state index in [0.29, 0.717) is 41.7 Å². The summed E-state index contributed by atoms with van der Waals surface area (Å²) in [7, 11) is 0. The van der Waals surface area contributed by atoms with E-state index in [9.17, 15) is 9.90 Å². The number of benzene rings is 2. The highest BCUT2D eigenvalue weighted by Gasteiger charge is 2.40. The Hall–Kier alpha value is -1.59. The van der Waals surface area contributed by atoms with Gasteiger partial charge >= 0.3 is 0 Å². The molecule has 1 saturated heterocycles. The Kier molecular flexibility index (Phi) is 5.64. The lowest BCUT2D eigenvalue weighted by molar-refractivity contribution is -0.115. The van der Waals surface area contributed by atoms with Crippen LogP contribution in [-0.2, 0) is 10.3 Å². The summed E-state index contributed by atoms with van der Waals surface area (Å²) in [5.41, 5.74) is 0.643. The van der Waals surface area contributed by atoms with Crippen LogP contribution in [0.4, 0.5) is 0 Å². The van der Waals surface area contributed by atoms with Crippen molar-refractivity contribution >= 4 is 29.1 Å². The van der Waals surface area contributed by atoms with Crippen LogP contribution >= 0.6 is 23.2 Å². The fourth-order valence-electron chi connectivity index (χ4n) is 3.15. The van der Waals surface area contributed by atoms with Gasteiger partial charge in [-0.05, 0) is 29.8 Å². The normalized spacial score (nSPS) is 20.5. The van der Waals surface area contributed by atoms with Crippen LogP contribution < -0.4 is 0 Å². The zero-order chi connectivity index (χ0) is 17.9. The minimum atomic E-state index is -0.800. The average molecular weight is 380 g/mol. The number of hydrogen-bond donors (Lipinski definition) is 1. The van der Waals surface area contributed by atoms with Gasteiger partial charge in [-0.3, -0.25) is 4.79 Å². The second kappa shape index (κ2) is 7.75. The summed E-state index contributed by atoms with van der Waals surface area (Å²) in [6, 6.07) is 14.4. The van der Waals surface area contributed by atoms with Crippen LogP contribution in [0.15, 0.2) is 48.5 Å². The molecule has 132 valence electrons. The predicted octanol–water partition coefficient (Wildman–Crippen LogP) is 3.74. The highest BCUT2D eigenvalue weighted by molar-refractivity contribution is 6.42. The molecule has 1 N–H and O–H groups in total. The van der Waals surface area contributed by atoms with Gasteiger partial charge in [0.25, 0.3) is 5.91 Å². The predicted molar refractivity (Wildman–Crippen MR) is 98.1 cm³/mol. The SMILES string of the molecule is O=C(c1ccccc1)N1CCO[C@](CCO)(c2ccc(Cl)c(Cl)c2)C1. The van der Waals surface area contributed by atoms with Crippen molar-refractivity contribution in [2.45, 2.75) is 12.0 Å². The first-order valence-corrected chi connectivity index (χ1v) is 8.86. The molecule has 1 aliphatic rings. The van der Waals surface area contributed by atoms with Crippen LogP contribution in [0.3, 0.4) is 0 Å². The Morgan fingerprint density at radius 2 is 1.92 bits per heavy atom. The van der Waals surface area contributed by atoms with Crippen LogP contribution in [0, 0.1) is 0 Å². The molecule has 1 aliphatic heterocycles. The molecule has 0 radical (unpaired) electrons. The van der Waals surface area contributed by atoms with Gasteiger partial charge in [0.15, 0.2) is 0 Å². The fraction of sp³-hybridized carbons (Fsp3) is 0.316. The Balaban J connectivity index is 1.91. The lowest BCUT2D eigenvalue weighted by Gasteiger charge is -2.43. The van der Waals surface area contributed by atoms with Crippen molar-refractivity contribution in [3.63, 3.8) is 0 Å². The van der Waals surface area contributed by atoms with E-state index in [1.54, 1.807) is 29.2 Å². The van der Waals surface area contributed by atoms with Crippen molar-refractivity contribution in [2.24, 2.45) is 0 Å². The lowest BCUT2D eigenvalue weighted by atomic mass is 9.88. The maximum atomic E-state index is 12.8. The largest absolute Gasteiger partial charge is 0.396 e. The third-order valence-electron chi connectivity index (χ3n) is 4.46. The molecule has 0 saturated carbocycles. The molecule has 4 nitrogen and oxygen atoms in total. The van der Waals surface area contributed by atoms with Gasteiger partial charge in [0.2, 0.25) is 0 Å². The molecule has 1 heterocycles. The number of rotatable bonds is 4. The number of halogens is 2. The number of carbonyl (C=O) groups is 1. The zero-order valence-electron chi connectivity index (χ0n) is 13.6. The number of ether oxygens (including phenoxy) is 1. The first-order valence-electron chi connectivity index (χ1n) is 8.10. The van der Waals surface area contributed by atoms with E-state index in [1.165, 1.54) is 0 Å². The smallest absolute Gasteiger partial charge is 0.254 e. The van der Waals surface area contributed by atoms with E-state index >= 15 is 0 Å². The highest BCUT2D eigenvalue weighted by Crippen LogP contribution is 2.36. The summed E-state index contributed by atoms with van der Waals surface area (Å²) in [5, 5.41) is 10.4. The molecule has 1 amide bonds. The van der Waals surface area contributed by atoms with E-state index in [4.69, 9.17) is 27.9 Å². The molecular formula is C19H19Cl2NO3. The van der Waals surface area contributed by atoms with E-state index in [-0.39, 0.29) is 12.5 Å². The Bertz CT molecular complexity index is 750. The van der Waals surface area contributed by atoms with Crippen LogP contribution in [0.25, 0.3) is 0 Å². The molecule has 0 bridgehead atoms. The standard InChI is InChI=1S/C19H19Cl2NO3/c20-16-7-6-15(12-17(16)21)19(8-10-23)13-22(9-11-25-19)18(24)14-4-2-1-3-5-14/h1-7,12,23H,8-11,13H2/t19-/m0/s1. The molecule has 0 spiro atoms. The molecule has 1 fully saturated rings. The van der Waals surface area contributed by atoms with Crippen molar-refractivity contribution in [1.82, 2.24) is 4.90 Å². The fourth-order valence-corrected chi connectivity index (χ4v) is 3.45. The van der Waals surface area contributed by atoms with Crippen LogP contribution in [0.1, 0.15) is 22.3 Å². The summed E-state index contributed by atoms with van der Waals surface area (Å²) >= 11 is 12.2. The van der Waals surface area contributed by atoms with Gasteiger partial charge in [-0.25, -0.2) is 0 Å². The van der Waals surface area contributed by atoms with E-state index in [2.05, 4.69) is 0 Å². The number of carbonyl (C=O) groups excluding carboxylic acids is 1. The van der Waals surface area contributed by atoms with Crippen molar-refractivity contribution in [1.29, 1.82) is 0 Å². The second-order valence-corrected chi connectivity index (χ2v) is 6.85. The summed E-state index contributed by atoms with van der Waals surface area (Å²) < 4.78 is 6.05. The molecule has 0 aromatic heterocycles. The number of morpholine rings is 1. The highest BCUT2D eigenvalue weighted by atomic mass is 35.5. The number of aliphatic hydroxyl groups is 1. The summed E-state index contributed by atoms with van der Waals surface area (Å²) in [6.07, 6.45) is 0.365. The lowest BCUT2D eigenvalue weighted by Crippen LogP contribution is -2.52. The molecule has 6 heteroatoms. The van der Waals surface area contributed by atoms with Gasteiger partial charge < -0.3 is 14.7 Å². The Morgan fingerprint density at radius 3 is 2.60 bits per heavy atom. The van der Waals surface area contributed by atoms with Crippen molar-refractivity contribution < 1.29 is 14.6 Å². The summed E-state index contributed by atoms with van der Waals surface area (Å²) in [6.45, 7) is 1.17. The Labute approximate surface area is 156 Å². The van der Waals surface area contributed by atoms with Gasteiger partial charge in [0.05, 0.1) is 23.2 Å². The van der Waals surface area contributed by atoms with Gasteiger partial charge in [0.1, 0.15) is 5.60 Å². The van der Waals surface area contributed by atoms with E-state index < -0.39 is 5.60 Å². The van der Waals surface area contributed by atoms with E-state index in [0.717, 1.165) is 5.56 Å². The zero-order valence-corrected chi connectivity index (χ0v) is 15.1. The molecular weight excluding hydrogens is 361 g/mol. The summed E-state index contributed by atoms with van der Waals surface area (Å²) in [4.78, 5) is 14.6. The number of aliphatic hydroxyl groups excluding tert-OH is 1. The minimum absolute atomic E-state index is 0.0497. The first kappa shape index (κ1) is 18.2. The van der Waals surface area contributed by atoms with Gasteiger partial charge in [-0.1, -0.05) is 47.5 Å². The maximum Gasteiger partial charge on any atom is 0.254 e. The minimum Gasteiger partial charge on any atom is -0.396 e. The van der Waals surface area contributed by atoms with Gasteiger partial charge in [-0.15, -0.1) is 0 Å². The third kappa shape index (κ3) is 3.82. The van der Waals surface area contributed by atoms with Crippen molar-refractivity contribution in [2.75, 3.05) is 26.3 Å². The van der Waals surface area contributed by atoms with Crippen molar-refractivity contribution in [3.05, 3.63) is 69.7 Å². The van der Waals surface area contributed by atoms with Crippen LogP contribution in [0.2, 0.25) is 10.0 Å². The second-order valence-electron chi connectivity index (χ2n) is 6.04. The molecule has 3 rings (SSSR count). The quantitative estimate of drug-likeness (QED) is 0.879. The third-order valence-corrected chi connectivity index (χ3v) is 5.19. The molecule has 2 aromatic carbocycles. The van der Waals surface area contributed by atoms with Crippen LogP contribution in [-0.4, -0.2) is 42.2 Å². The first-order chi connectivity index (χ1) is 12.1. The molecule has 1 atom stereocenters. The van der Waals surface area contributed by atoms with Crippen LogP contribution in [0.5, 0.6) is 0 Å². The van der Waals surface area contributed by atoms with Crippen molar-refractivity contribution in [3.8, 4) is 0 Å². The molecule has 2 aromatic rings. The number of amides is 1. The molecule has 0 aliphatic carbocycles. The number of hydrogen-bond acceptors (Lipinski definition) is 3. The number of nitrogens with zero attached hydrogens (tertiary/aromatic N) is 1. The van der Waals surface area contributed by atoms with Gasteiger partial charge in [-0.2, -0.15) is 0 Å². The Morgan fingerprint density at radius 1 is 1.16 bits per heavy atom. The summed E-state index contributed by atoms with van der Waals surface area (Å²) in [5.74, 6) is -0.0497. The molecule has 25 heavy (non-hydrogen) atoms. The average Bonchev–Trinajstić information content (AvgIpc) is 2.64. The maximum absolute atomic E-state index is 12.8. The molecule has 0 unspecified atom stereocenters. The van der Waals surface area contributed by atoms with E-state index in [1.807, 2.05) is 24.3 Å². The monoisotopic (exact) mass is 379 g/mol.